The lowest BCUT2D eigenvalue weighted by Crippen LogP contribution is -2.07. The van der Waals surface area contributed by atoms with Gasteiger partial charge in [-0.3, -0.25) is 4.40 Å². The molecule has 0 aliphatic heterocycles. The van der Waals surface area contributed by atoms with E-state index >= 15 is 0 Å². The van der Waals surface area contributed by atoms with Crippen molar-refractivity contribution in [3.63, 3.8) is 0 Å². The summed E-state index contributed by atoms with van der Waals surface area (Å²) in [6, 6.07) is 5.14. The van der Waals surface area contributed by atoms with Crippen molar-refractivity contribution in [2.45, 2.75) is 0 Å². The van der Waals surface area contributed by atoms with Crippen molar-refractivity contribution in [1.82, 2.24) is 9.38 Å². The number of fused-ring (bicyclic) bond motifs is 1. The maximum absolute atomic E-state index is 11.5. The fourth-order valence-electron chi connectivity index (χ4n) is 1.52. The van der Waals surface area contributed by atoms with Gasteiger partial charge in [0, 0.05) is 6.20 Å². The lowest BCUT2D eigenvalue weighted by Gasteiger charge is -1.97. The van der Waals surface area contributed by atoms with Crippen LogP contribution in [0.4, 0.5) is 0 Å². The van der Waals surface area contributed by atoms with E-state index in [4.69, 9.17) is 0 Å². The molecule has 0 atom stereocenters. The first kappa shape index (κ1) is 11.1. The molecule has 0 aliphatic rings. The molecule has 6 nitrogen and oxygen atoms in total. The number of hydrogen-bond acceptors (Lipinski definition) is 5. The van der Waals surface area contributed by atoms with Crippen molar-refractivity contribution >= 4 is 17.5 Å². The van der Waals surface area contributed by atoms with Crippen molar-refractivity contribution in [2.24, 2.45) is 0 Å². The molecule has 6 heteroatoms. The van der Waals surface area contributed by atoms with Crippen LogP contribution in [0.2, 0.25) is 0 Å². The lowest BCUT2D eigenvalue weighted by molar-refractivity contribution is 0.0584. The lowest BCUT2D eigenvalue weighted by atomic mass is 10.3. The van der Waals surface area contributed by atoms with Crippen molar-refractivity contribution in [1.29, 1.82) is 0 Å². The summed E-state index contributed by atoms with van der Waals surface area (Å²) in [4.78, 5) is 26.9. The Kier molecular flexibility index (Phi) is 2.78. The standard InChI is InChI=1S/C11H10N2O4/c1-16-10(14)8-7-5-3-4-6-13(7)9(12-8)11(15)17-2/h3-6H,1-2H3. The SMILES string of the molecule is COC(=O)c1nc(C(=O)OC)n2ccccc12. The predicted octanol–water partition coefficient (Wildman–Crippen LogP) is 0.907. The largest absolute Gasteiger partial charge is 0.464 e. The summed E-state index contributed by atoms with van der Waals surface area (Å²) in [7, 11) is 2.51. The third kappa shape index (κ3) is 1.73. The topological polar surface area (TPSA) is 69.9 Å². The van der Waals surface area contributed by atoms with Crippen LogP contribution in [-0.4, -0.2) is 35.5 Å². The maximum atomic E-state index is 11.5. The number of hydrogen-bond donors (Lipinski definition) is 0. The van der Waals surface area contributed by atoms with Crippen LogP contribution in [0.25, 0.3) is 5.52 Å². The second-order valence-electron chi connectivity index (χ2n) is 3.22. The van der Waals surface area contributed by atoms with E-state index in [9.17, 15) is 9.59 Å². The van der Waals surface area contributed by atoms with Crippen LogP contribution in [0.15, 0.2) is 24.4 Å². The van der Waals surface area contributed by atoms with Gasteiger partial charge in [0.2, 0.25) is 5.82 Å². The normalized spacial score (nSPS) is 10.2. The zero-order valence-electron chi connectivity index (χ0n) is 9.34. The van der Waals surface area contributed by atoms with Crippen molar-refractivity contribution in [3.8, 4) is 0 Å². The Balaban J connectivity index is 2.71. The highest BCUT2D eigenvalue weighted by atomic mass is 16.5. The molecule has 2 heterocycles. The highest BCUT2D eigenvalue weighted by Gasteiger charge is 2.21. The predicted molar refractivity (Wildman–Crippen MR) is 57.9 cm³/mol. The maximum Gasteiger partial charge on any atom is 0.374 e. The van der Waals surface area contributed by atoms with Gasteiger partial charge in [-0.15, -0.1) is 0 Å². The van der Waals surface area contributed by atoms with Gasteiger partial charge in [0.25, 0.3) is 0 Å². The summed E-state index contributed by atoms with van der Waals surface area (Å²) >= 11 is 0. The van der Waals surface area contributed by atoms with Gasteiger partial charge >= 0.3 is 11.9 Å². The fourth-order valence-corrected chi connectivity index (χ4v) is 1.52. The van der Waals surface area contributed by atoms with E-state index in [0.717, 1.165) is 0 Å². The quantitative estimate of drug-likeness (QED) is 0.722. The number of methoxy groups -OCH3 is 2. The Morgan fingerprint density at radius 1 is 1.18 bits per heavy atom. The van der Waals surface area contributed by atoms with E-state index < -0.39 is 11.9 Å². The third-order valence-electron chi connectivity index (χ3n) is 2.30. The molecule has 0 fully saturated rings. The van der Waals surface area contributed by atoms with Gasteiger partial charge in [0.1, 0.15) is 0 Å². The van der Waals surface area contributed by atoms with E-state index in [1.54, 1.807) is 24.4 Å². The molecule has 17 heavy (non-hydrogen) atoms. The first-order valence-electron chi connectivity index (χ1n) is 4.82. The average molecular weight is 234 g/mol. The van der Waals surface area contributed by atoms with Gasteiger partial charge in [0.15, 0.2) is 5.69 Å². The summed E-state index contributed by atoms with van der Waals surface area (Å²) in [5, 5.41) is 0. The van der Waals surface area contributed by atoms with Crippen LogP contribution in [0.1, 0.15) is 21.1 Å². The fraction of sp³-hybridized carbons (Fsp3) is 0.182. The monoisotopic (exact) mass is 234 g/mol. The number of carbonyl (C=O) groups is 2. The van der Waals surface area contributed by atoms with E-state index in [0.29, 0.717) is 5.52 Å². The zero-order valence-corrected chi connectivity index (χ0v) is 9.34. The van der Waals surface area contributed by atoms with Crippen LogP contribution >= 0.6 is 0 Å². The second kappa shape index (κ2) is 4.25. The highest BCUT2D eigenvalue weighted by molar-refractivity contribution is 5.98. The number of imidazole rings is 1. The molecule has 0 saturated carbocycles. The van der Waals surface area contributed by atoms with Gasteiger partial charge in [-0.25, -0.2) is 14.6 Å². The number of ether oxygens (including phenoxy) is 2. The molecule has 0 aromatic carbocycles. The van der Waals surface area contributed by atoms with E-state index in [-0.39, 0.29) is 11.5 Å². The molecule has 88 valence electrons. The minimum Gasteiger partial charge on any atom is -0.464 e. The Bertz CT molecular complexity index is 538. The van der Waals surface area contributed by atoms with Gasteiger partial charge in [-0.1, -0.05) is 6.07 Å². The molecule has 0 radical (unpaired) electrons. The number of aromatic nitrogens is 2. The number of carbonyl (C=O) groups excluding carboxylic acids is 2. The van der Waals surface area contributed by atoms with Crippen molar-refractivity contribution in [2.75, 3.05) is 14.2 Å². The van der Waals surface area contributed by atoms with Crippen molar-refractivity contribution in [3.05, 3.63) is 35.9 Å². The van der Waals surface area contributed by atoms with Crippen LogP contribution < -0.4 is 0 Å². The number of nitrogens with zero attached hydrogens (tertiary/aromatic N) is 2. The molecular weight excluding hydrogens is 224 g/mol. The number of pyridine rings is 1. The summed E-state index contributed by atoms with van der Waals surface area (Å²) < 4.78 is 10.7. The smallest absolute Gasteiger partial charge is 0.374 e. The molecule has 0 saturated heterocycles. The summed E-state index contributed by atoms with van der Waals surface area (Å²) in [5.74, 6) is -1.16. The average Bonchev–Trinajstić information content (AvgIpc) is 2.76. The summed E-state index contributed by atoms with van der Waals surface area (Å²) in [5.41, 5.74) is 0.591. The third-order valence-corrected chi connectivity index (χ3v) is 2.30. The highest BCUT2D eigenvalue weighted by Crippen LogP contribution is 2.14. The van der Waals surface area contributed by atoms with Crippen LogP contribution in [0.3, 0.4) is 0 Å². The minimum absolute atomic E-state index is 0.0449. The Hall–Kier alpha value is -2.37. The summed E-state index contributed by atoms with van der Waals surface area (Å²) in [6.45, 7) is 0. The van der Waals surface area contributed by atoms with Crippen LogP contribution in [0, 0.1) is 0 Å². The van der Waals surface area contributed by atoms with E-state index in [1.807, 2.05) is 0 Å². The van der Waals surface area contributed by atoms with Crippen LogP contribution in [-0.2, 0) is 9.47 Å². The molecule has 2 aromatic heterocycles. The van der Waals surface area contributed by atoms with Gasteiger partial charge in [-0.05, 0) is 12.1 Å². The molecule has 0 unspecified atom stereocenters. The van der Waals surface area contributed by atoms with Gasteiger partial charge in [0.05, 0.1) is 19.7 Å². The first-order chi connectivity index (χ1) is 8.19. The number of rotatable bonds is 2. The Morgan fingerprint density at radius 3 is 2.53 bits per heavy atom. The second-order valence-corrected chi connectivity index (χ2v) is 3.22. The molecule has 0 aliphatic carbocycles. The van der Waals surface area contributed by atoms with Gasteiger partial charge < -0.3 is 9.47 Å². The van der Waals surface area contributed by atoms with E-state index in [1.165, 1.54) is 18.6 Å². The Morgan fingerprint density at radius 2 is 1.88 bits per heavy atom. The Labute approximate surface area is 96.8 Å². The molecule has 2 aromatic rings. The van der Waals surface area contributed by atoms with Crippen LogP contribution in [0.5, 0.6) is 0 Å². The summed E-state index contributed by atoms with van der Waals surface area (Å²) in [6.07, 6.45) is 1.63. The molecule has 0 amide bonds. The number of esters is 2. The van der Waals surface area contributed by atoms with E-state index in [2.05, 4.69) is 14.5 Å². The van der Waals surface area contributed by atoms with Crippen molar-refractivity contribution < 1.29 is 19.1 Å². The molecule has 2 rings (SSSR count). The minimum atomic E-state index is -0.610. The van der Waals surface area contributed by atoms with Gasteiger partial charge in [-0.2, -0.15) is 0 Å². The molecule has 0 spiro atoms. The first-order valence-corrected chi connectivity index (χ1v) is 4.82. The molecule has 0 bridgehead atoms. The molecule has 0 N–H and O–H groups in total. The zero-order chi connectivity index (χ0) is 12.4. The molecular formula is C11H10N2O4.